The molecule has 0 radical (unpaired) electrons. The number of furan rings is 1. The van der Waals surface area contributed by atoms with Gasteiger partial charge in [0.1, 0.15) is 16.5 Å². The molecule has 1 atom stereocenters. The van der Waals surface area contributed by atoms with Crippen LogP contribution in [0.15, 0.2) is 34.7 Å². The highest BCUT2D eigenvalue weighted by atomic mass is 35.5. The minimum absolute atomic E-state index is 0.0513. The molecule has 2 N–H and O–H groups in total. The molecule has 28 heavy (non-hydrogen) atoms. The Bertz CT molecular complexity index is 1070. The number of halogens is 2. The molecule has 5 nitrogen and oxygen atoms in total. The monoisotopic (exact) mass is 433 g/mol. The summed E-state index contributed by atoms with van der Waals surface area (Å²) >= 11 is 13.8. The van der Waals surface area contributed by atoms with Crippen molar-refractivity contribution in [1.82, 2.24) is 10.2 Å². The Morgan fingerprint density at radius 2 is 1.96 bits per heavy atom. The molecule has 1 aromatic carbocycles. The van der Waals surface area contributed by atoms with Crippen molar-refractivity contribution >= 4 is 45.4 Å². The fraction of sp³-hybridized carbons (Fsp3) is 0.250. The Kier molecular flexibility index (Phi) is 4.39. The number of nitrogens with zero attached hydrogens (tertiary/aromatic N) is 1. The second-order valence-corrected chi connectivity index (χ2v) is 9.08. The number of fused-ring (bicyclic) bond motifs is 3. The molecule has 8 heteroatoms. The van der Waals surface area contributed by atoms with E-state index in [1.54, 1.807) is 29.5 Å². The van der Waals surface area contributed by atoms with Crippen LogP contribution in [-0.2, 0) is 13.0 Å². The molecule has 0 unspecified atom stereocenters. The summed E-state index contributed by atoms with van der Waals surface area (Å²) in [6.45, 7) is 1.85. The van der Waals surface area contributed by atoms with E-state index < -0.39 is 6.17 Å². The molecule has 5 rings (SSSR count). The van der Waals surface area contributed by atoms with Gasteiger partial charge in [0.2, 0.25) is 0 Å². The van der Waals surface area contributed by atoms with E-state index in [0.717, 1.165) is 35.6 Å². The molecule has 0 bridgehead atoms. The van der Waals surface area contributed by atoms with Crippen molar-refractivity contribution in [2.24, 2.45) is 0 Å². The van der Waals surface area contributed by atoms with Crippen molar-refractivity contribution in [1.29, 1.82) is 0 Å². The minimum Gasteiger partial charge on any atom is -0.457 e. The zero-order valence-corrected chi connectivity index (χ0v) is 17.3. The third kappa shape index (κ3) is 3.10. The van der Waals surface area contributed by atoms with E-state index in [0.29, 0.717) is 21.6 Å². The number of carbonyl (C=O) groups is 1. The van der Waals surface area contributed by atoms with Gasteiger partial charge in [-0.05, 0) is 49.4 Å². The summed E-state index contributed by atoms with van der Waals surface area (Å²) in [7, 11) is 2.10. The first-order valence-electron chi connectivity index (χ1n) is 8.94. The number of rotatable bonds is 2. The van der Waals surface area contributed by atoms with Gasteiger partial charge in [0.05, 0.1) is 5.56 Å². The van der Waals surface area contributed by atoms with E-state index in [9.17, 15) is 4.79 Å². The van der Waals surface area contributed by atoms with Crippen LogP contribution in [0.25, 0.3) is 11.3 Å². The quantitative estimate of drug-likeness (QED) is 0.585. The highest BCUT2D eigenvalue weighted by molar-refractivity contribution is 7.16. The topological polar surface area (TPSA) is 57.5 Å². The lowest BCUT2D eigenvalue weighted by molar-refractivity contribution is 0.0930. The maximum absolute atomic E-state index is 12.8. The summed E-state index contributed by atoms with van der Waals surface area (Å²) in [6.07, 6.45) is 0.485. The van der Waals surface area contributed by atoms with Crippen molar-refractivity contribution in [2.45, 2.75) is 19.1 Å². The fourth-order valence-electron chi connectivity index (χ4n) is 3.75. The Balaban J connectivity index is 1.45. The van der Waals surface area contributed by atoms with Crippen LogP contribution >= 0.6 is 34.5 Å². The van der Waals surface area contributed by atoms with Crippen LogP contribution < -0.4 is 10.6 Å². The number of thiophene rings is 1. The summed E-state index contributed by atoms with van der Waals surface area (Å²) in [5, 5.41) is 8.45. The molecule has 4 heterocycles. The van der Waals surface area contributed by atoms with Gasteiger partial charge in [-0.15, -0.1) is 11.3 Å². The normalized spacial score (nSPS) is 19.0. The van der Waals surface area contributed by atoms with Gasteiger partial charge < -0.3 is 20.0 Å². The molecular formula is C20H17Cl2N3O2S. The number of hydrogen-bond acceptors (Lipinski definition) is 5. The Morgan fingerprint density at radius 3 is 2.75 bits per heavy atom. The largest absolute Gasteiger partial charge is 0.457 e. The molecule has 0 saturated heterocycles. The summed E-state index contributed by atoms with van der Waals surface area (Å²) in [5.41, 5.74) is 2.76. The van der Waals surface area contributed by atoms with Gasteiger partial charge in [0.15, 0.2) is 6.17 Å². The van der Waals surface area contributed by atoms with Gasteiger partial charge in [0, 0.05) is 33.6 Å². The van der Waals surface area contributed by atoms with Gasteiger partial charge in [-0.1, -0.05) is 23.2 Å². The zero-order valence-electron chi connectivity index (χ0n) is 15.0. The maximum Gasteiger partial charge on any atom is 0.256 e. The van der Waals surface area contributed by atoms with E-state index in [2.05, 4.69) is 22.6 Å². The fourth-order valence-corrected chi connectivity index (χ4v) is 5.62. The molecule has 1 amide bonds. The van der Waals surface area contributed by atoms with Gasteiger partial charge in [-0.3, -0.25) is 4.79 Å². The predicted molar refractivity (Wildman–Crippen MR) is 112 cm³/mol. The molecule has 0 spiro atoms. The Hall–Kier alpha value is -1.99. The lowest BCUT2D eigenvalue weighted by Crippen LogP contribution is -2.38. The average Bonchev–Trinajstić information content (AvgIpc) is 3.25. The smallest absolute Gasteiger partial charge is 0.256 e. The SMILES string of the molecule is CN1CCc2c(sc3c2C(=O)N[C@@H](c2ccc(-c4cc(Cl)cc(Cl)c4)o2)N3)C1. The second-order valence-electron chi connectivity index (χ2n) is 7.11. The first-order valence-corrected chi connectivity index (χ1v) is 10.5. The molecule has 144 valence electrons. The molecular weight excluding hydrogens is 417 g/mol. The van der Waals surface area contributed by atoms with E-state index in [1.165, 1.54) is 10.4 Å². The van der Waals surface area contributed by atoms with Gasteiger partial charge in [-0.25, -0.2) is 0 Å². The summed E-state index contributed by atoms with van der Waals surface area (Å²) in [5.74, 6) is 1.23. The summed E-state index contributed by atoms with van der Waals surface area (Å²) in [6, 6.07) is 8.98. The number of nitrogens with one attached hydrogen (secondary N) is 2. The lowest BCUT2D eigenvalue weighted by atomic mass is 10.0. The van der Waals surface area contributed by atoms with Crippen molar-refractivity contribution in [2.75, 3.05) is 18.9 Å². The number of anilines is 1. The van der Waals surface area contributed by atoms with E-state index in [4.69, 9.17) is 27.6 Å². The third-order valence-electron chi connectivity index (χ3n) is 5.08. The van der Waals surface area contributed by atoms with Crippen LogP contribution in [0.3, 0.4) is 0 Å². The van der Waals surface area contributed by atoms with Crippen molar-refractivity contribution in [3.63, 3.8) is 0 Å². The first-order chi connectivity index (χ1) is 13.5. The average molecular weight is 434 g/mol. The first kappa shape index (κ1) is 18.1. The van der Waals surface area contributed by atoms with Gasteiger partial charge in [-0.2, -0.15) is 0 Å². The number of amides is 1. The number of carbonyl (C=O) groups excluding carboxylic acids is 1. The molecule has 0 aliphatic carbocycles. The third-order valence-corrected chi connectivity index (χ3v) is 6.67. The maximum atomic E-state index is 12.8. The van der Waals surface area contributed by atoms with Crippen molar-refractivity contribution in [3.8, 4) is 11.3 Å². The molecule has 3 aromatic rings. The highest BCUT2D eigenvalue weighted by Gasteiger charge is 2.33. The van der Waals surface area contributed by atoms with E-state index in [1.807, 2.05) is 12.1 Å². The molecule has 2 aliphatic rings. The van der Waals surface area contributed by atoms with Crippen LogP contribution in [-0.4, -0.2) is 24.4 Å². The Labute approximate surface area is 176 Å². The van der Waals surface area contributed by atoms with Crippen molar-refractivity contribution in [3.05, 3.63) is 62.1 Å². The zero-order chi connectivity index (χ0) is 19.4. The summed E-state index contributed by atoms with van der Waals surface area (Å²) < 4.78 is 6.00. The highest BCUT2D eigenvalue weighted by Crippen LogP contribution is 2.41. The van der Waals surface area contributed by atoms with Gasteiger partial charge >= 0.3 is 0 Å². The van der Waals surface area contributed by atoms with Crippen LogP contribution in [0.4, 0.5) is 5.00 Å². The minimum atomic E-state index is -0.416. The van der Waals surface area contributed by atoms with Crippen molar-refractivity contribution < 1.29 is 9.21 Å². The Morgan fingerprint density at radius 1 is 1.18 bits per heavy atom. The summed E-state index contributed by atoms with van der Waals surface area (Å²) in [4.78, 5) is 16.3. The number of likely N-dealkylation sites (N-methyl/N-ethyl adjacent to an activating group) is 1. The molecule has 2 aliphatic heterocycles. The van der Waals surface area contributed by atoms with E-state index >= 15 is 0 Å². The molecule has 0 saturated carbocycles. The lowest BCUT2D eigenvalue weighted by Gasteiger charge is -2.26. The predicted octanol–water partition coefficient (Wildman–Crippen LogP) is 5.16. The van der Waals surface area contributed by atoms with Crippen LogP contribution in [0.5, 0.6) is 0 Å². The number of benzene rings is 1. The number of hydrogen-bond donors (Lipinski definition) is 2. The van der Waals surface area contributed by atoms with Crippen LogP contribution in [0.1, 0.15) is 32.7 Å². The molecule has 2 aromatic heterocycles. The van der Waals surface area contributed by atoms with E-state index in [-0.39, 0.29) is 5.91 Å². The molecule has 0 fully saturated rings. The van der Waals surface area contributed by atoms with Crippen LogP contribution in [0.2, 0.25) is 10.0 Å². The standard InChI is InChI=1S/C20H17Cl2N3O2S/c1-25-5-4-13-16(9-25)28-20-17(13)19(26)23-18(24-20)15-3-2-14(27-15)10-6-11(21)8-12(22)7-10/h2-3,6-8,18,24H,4-5,9H2,1H3,(H,23,26)/t18-/m1/s1. The second kappa shape index (κ2) is 6.81. The van der Waals surface area contributed by atoms with Gasteiger partial charge in [0.25, 0.3) is 5.91 Å². The van der Waals surface area contributed by atoms with Crippen LogP contribution in [0, 0.1) is 0 Å².